The predicted molar refractivity (Wildman–Crippen MR) is 76.4 cm³/mol. The van der Waals surface area contributed by atoms with Crippen LogP contribution in [0.2, 0.25) is 0 Å². The smallest absolute Gasteiger partial charge is 0.387 e. The Morgan fingerprint density at radius 3 is 2.91 bits per heavy atom. The highest BCUT2D eigenvalue weighted by molar-refractivity contribution is 5.91. The molecule has 5 nitrogen and oxygen atoms in total. The van der Waals surface area contributed by atoms with Crippen molar-refractivity contribution in [2.24, 2.45) is 0 Å². The number of amides is 1. The molecule has 0 radical (unpaired) electrons. The fourth-order valence-electron chi connectivity index (χ4n) is 2.48. The zero-order chi connectivity index (χ0) is 16.2. The standard InChI is InChI=1S/C16H15F2NO4/c17-16(18)23-12-4-1-3-11(9-12)14-10-19(6-8-22-14)15(20)13-5-2-7-21-13/h1-5,7,9,14,16H,6,8,10H2/t14-/m0/s1. The van der Waals surface area contributed by atoms with Crippen LogP contribution >= 0.6 is 0 Å². The first kappa shape index (κ1) is 15.5. The SMILES string of the molecule is O=C(c1ccco1)N1CCO[C@H](c2cccc(OC(F)F)c2)C1. The lowest BCUT2D eigenvalue weighted by molar-refractivity contribution is -0.0504. The summed E-state index contributed by atoms with van der Waals surface area (Å²) in [5.41, 5.74) is 0.681. The molecule has 2 aromatic rings. The summed E-state index contributed by atoms with van der Waals surface area (Å²) in [7, 11) is 0. The highest BCUT2D eigenvalue weighted by Crippen LogP contribution is 2.26. The number of nitrogens with zero attached hydrogens (tertiary/aromatic N) is 1. The van der Waals surface area contributed by atoms with E-state index < -0.39 is 12.7 Å². The average Bonchev–Trinajstić information content (AvgIpc) is 3.08. The molecular formula is C16H15F2NO4. The molecule has 1 aliphatic rings. The van der Waals surface area contributed by atoms with Crippen molar-refractivity contribution in [2.45, 2.75) is 12.7 Å². The number of hydrogen-bond donors (Lipinski definition) is 0. The van der Waals surface area contributed by atoms with E-state index in [1.165, 1.54) is 18.4 Å². The number of carbonyl (C=O) groups is 1. The molecule has 3 rings (SSSR count). The molecule has 1 amide bonds. The largest absolute Gasteiger partial charge is 0.459 e. The van der Waals surface area contributed by atoms with Crippen molar-refractivity contribution >= 4 is 5.91 Å². The summed E-state index contributed by atoms with van der Waals surface area (Å²) in [5.74, 6) is 0.110. The summed E-state index contributed by atoms with van der Waals surface area (Å²) in [6.07, 6.45) is 1.04. The van der Waals surface area contributed by atoms with Crippen molar-refractivity contribution in [3.63, 3.8) is 0 Å². The number of alkyl halides is 2. The van der Waals surface area contributed by atoms with Crippen molar-refractivity contribution in [1.29, 1.82) is 0 Å². The third kappa shape index (κ3) is 3.68. The molecule has 0 aliphatic carbocycles. The van der Waals surface area contributed by atoms with E-state index in [-0.39, 0.29) is 17.4 Å². The fourth-order valence-corrected chi connectivity index (χ4v) is 2.48. The van der Waals surface area contributed by atoms with Gasteiger partial charge >= 0.3 is 6.61 Å². The maximum Gasteiger partial charge on any atom is 0.387 e. The first-order chi connectivity index (χ1) is 11.1. The second-order valence-electron chi connectivity index (χ2n) is 5.04. The summed E-state index contributed by atoms with van der Waals surface area (Å²) in [4.78, 5) is 13.9. The minimum atomic E-state index is -2.88. The summed E-state index contributed by atoms with van der Waals surface area (Å²) < 4.78 is 39.8. The quantitative estimate of drug-likeness (QED) is 0.867. The van der Waals surface area contributed by atoms with E-state index in [2.05, 4.69) is 4.74 Å². The molecule has 23 heavy (non-hydrogen) atoms. The first-order valence-electron chi connectivity index (χ1n) is 7.12. The Hall–Kier alpha value is -2.41. The lowest BCUT2D eigenvalue weighted by Gasteiger charge is -2.32. The normalized spacial score (nSPS) is 18.2. The van der Waals surface area contributed by atoms with E-state index >= 15 is 0 Å². The van der Waals surface area contributed by atoms with Crippen LogP contribution < -0.4 is 4.74 Å². The van der Waals surface area contributed by atoms with Gasteiger partial charge in [0.25, 0.3) is 5.91 Å². The summed E-state index contributed by atoms with van der Waals surface area (Å²) in [5, 5.41) is 0. The number of morpholine rings is 1. The lowest BCUT2D eigenvalue weighted by Crippen LogP contribution is -2.42. The van der Waals surface area contributed by atoms with E-state index in [9.17, 15) is 13.6 Å². The molecule has 1 aromatic heterocycles. The molecule has 1 atom stereocenters. The van der Waals surface area contributed by atoms with Crippen LogP contribution in [-0.2, 0) is 4.74 Å². The maximum atomic E-state index is 12.3. The first-order valence-corrected chi connectivity index (χ1v) is 7.12. The van der Waals surface area contributed by atoms with Gasteiger partial charge in [0.15, 0.2) is 5.76 Å². The maximum absolute atomic E-state index is 12.3. The molecule has 7 heteroatoms. The van der Waals surface area contributed by atoms with Gasteiger partial charge in [-0.3, -0.25) is 4.79 Å². The second kappa shape index (κ2) is 6.78. The highest BCUT2D eigenvalue weighted by atomic mass is 19.3. The van der Waals surface area contributed by atoms with Gasteiger partial charge in [0.2, 0.25) is 0 Å². The van der Waals surface area contributed by atoms with Gasteiger partial charge in [0.1, 0.15) is 11.9 Å². The zero-order valence-electron chi connectivity index (χ0n) is 12.2. The van der Waals surface area contributed by atoms with Crippen molar-refractivity contribution in [3.05, 3.63) is 54.0 Å². The Labute approximate surface area is 131 Å². The number of hydrogen-bond acceptors (Lipinski definition) is 4. The van der Waals surface area contributed by atoms with Crippen LogP contribution in [0.5, 0.6) is 5.75 Å². The molecular weight excluding hydrogens is 308 g/mol. The molecule has 122 valence electrons. The topological polar surface area (TPSA) is 51.9 Å². The van der Waals surface area contributed by atoms with Crippen molar-refractivity contribution in [2.75, 3.05) is 19.7 Å². The molecule has 1 fully saturated rings. The molecule has 0 N–H and O–H groups in total. The van der Waals surface area contributed by atoms with Gasteiger partial charge in [0.05, 0.1) is 19.4 Å². The van der Waals surface area contributed by atoms with Crippen LogP contribution in [0.1, 0.15) is 22.2 Å². The molecule has 1 aromatic carbocycles. The minimum absolute atomic E-state index is 0.0654. The number of benzene rings is 1. The number of carbonyl (C=O) groups excluding carboxylic acids is 1. The number of ether oxygens (including phenoxy) is 2. The fraction of sp³-hybridized carbons (Fsp3) is 0.312. The van der Waals surface area contributed by atoms with Crippen molar-refractivity contribution in [3.8, 4) is 5.75 Å². The average molecular weight is 323 g/mol. The van der Waals surface area contributed by atoms with Crippen molar-refractivity contribution < 1.29 is 27.5 Å². The number of halogens is 2. The van der Waals surface area contributed by atoms with Gasteiger partial charge in [-0.25, -0.2) is 0 Å². The van der Waals surface area contributed by atoms with E-state index in [1.807, 2.05) is 0 Å². The van der Waals surface area contributed by atoms with Crippen LogP contribution in [0.25, 0.3) is 0 Å². The number of furan rings is 1. The van der Waals surface area contributed by atoms with Gasteiger partial charge in [-0.15, -0.1) is 0 Å². The Balaban J connectivity index is 1.72. The van der Waals surface area contributed by atoms with Crippen LogP contribution in [0.15, 0.2) is 47.1 Å². The van der Waals surface area contributed by atoms with Crippen molar-refractivity contribution in [1.82, 2.24) is 4.90 Å². The van der Waals surface area contributed by atoms with E-state index in [0.29, 0.717) is 25.3 Å². The van der Waals surface area contributed by atoms with E-state index in [1.54, 1.807) is 29.2 Å². The third-order valence-electron chi connectivity index (χ3n) is 3.54. The lowest BCUT2D eigenvalue weighted by atomic mass is 10.1. The van der Waals surface area contributed by atoms with Crippen LogP contribution in [0.3, 0.4) is 0 Å². The number of rotatable bonds is 4. The van der Waals surface area contributed by atoms with E-state index in [0.717, 1.165) is 0 Å². The minimum Gasteiger partial charge on any atom is -0.459 e. The molecule has 1 saturated heterocycles. The Morgan fingerprint density at radius 2 is 2.17 bits per heavy atom. The summed E-state index contributed by atoms with van der Waals surface area (Å²) >= 11 is 0. The van der Waals surface area contributed by atoms with Crippen LogP contribution in [-0.4, -0.2) is 37.1 Å². The Bertz CT molecular complexity index is 660. The summed E-state index contributed by atoms with van der Waals surface area (Å²) in [6.45, 7) is -1.76. The Morgan fingerprint density at radius 1 is 1.30 bits per heavy atom. The second-order valence-corrected chi connectivity index (χ2v) is 5.04. The molecule has 0 bridgehead atoms. The molecule has 2 heterocycles. The van der Waals surface area contributed by atoms with Gasteiger partial charge in [0, 0.05) is 6.54 Å². The van der Waals surface area contributed by atoms with Crippen LogP contribution in [0, 0.1) is 0 Å². The Kier molecular flexibility index (Phi) is 4.57. The van der Waals surface area contributed by atoms with Gasteiger partial charge < -0.3 is 18.8 Å². The zero-order valence-corrected chi connectivity index (χ0v) is 12.2. The van der Waals surface area contributed by atoms with E-state index in [4.69, 9.17) is 9.15 Å². The molecule has 0 spiro atoms. The highest BCUT2D eigenvalue weighted by Gasteiger charge is 2.27. The summed E-state index contributed by atoms with van der Waals surface area (Å²) in [6, 6.07) is 9.57. The molecule has 0 saturated carbocycles. The third-order valence-corrected chi connectivity index (χ3v) is 3.54. The van der Waals surface area contributed by atoms with Crippen LogP contribution in [0.4, 0.5) is 8.78 Å². The van der Waals surface area contributed by atoms with Gasteiger partial charge in [-0.2, -0.15) is 8.78 Å². The predicted octanol–water partition coefficient (Wildman–Crippen LogP) is 3.09. The molecule has 0 unspecified atom stereocenters. The van der Waals surface area contributed by atoms with Gasteiger partial charge in [-0.1, -0.05) is 12.1 Å². The van der Waals surface area contributed by atoms with Gasteiger partial charge in [-0.05, 0) is 29.8 Å². The monoisotopic (exact) mass is 323 g/mol. The molecule has 1 aliphatic heterocycles.